The van der Waals surface area contributed by atoms with Crippen LogP contribution in [0, 0.1) is 22.7 Å². The minimum atomic E-state index is -0.757. The number of amides is 1. The van der Waals surface area contributed by atoms with E-state index in [9.17, 15) is 10.1 Å². The molecule has 1 aliphatic heterocycles. The van der Waals surface area contributed by atoms with Crippen LogP contribution in [0.15, 0.2) is 0 Å². The predicted octanol–water partition coefficient (Wildman–Crippen LogP) is 2.70. The van der Waals surface area contributed by atoms with Gasteiger partial charge in [0.25, 0.3) is 0 Å². The molecule has 1 heterocycles. The van der Waals surface area contributed by atoms with E-state index in [0.29, 0.717) is 12.6 Å². The van der Waals surface area contributed by atoms with Crippen LogP contribution >= 0.6 is 0 Å². The van der Waals surface area contributed by atoms with E-state index < -0.39 is 5.41 Å². The lowest BCUT2D eigenvalue weighted by atomic mass is 9.74. The zero-order valence-electron chi connectivity index (χ0n) is 13.5. The smallest absolute Gasteiger partial charge is 0.240 e. The Morgan fingerprint density at radius 3 is 2.71 bits per heavy atom. The number of carbonyl (C=O) groups excluding carboxylic acids is 1. The van der Waals surface area contributed by atoms with Crippen LogP contribution in [0.4, 0.5) is 0 Å². The van der Waals surface area contributed by atoms with Gasteiger partial charge in [-0.25, -0.2) is 0 Å². The average Bonchev–Trinajstić information content (AvgIpc) is 2.52. The Kier molecular flexibility index (Phi) is 5.64. The largest absolute Gasteiger partial charge is 0.353 e. The lowest BCUT2D eigenvalue weighted by Crippen LogP contribution is -2.49. The highest BCUT2D eigenvalue weighted by atomic mass is 16.2. The molecule has 0 bridgehead atoms. The molecule has 1 saturated carbocycles. The number of carbonyl (C=O) groups is 1. The van der Waals surface area contributed by atoms with Gasteiger partial charge in [0, 0.05) is 19.1 Å². The molecule has 0 aromatic heterocycles. The van der Waals surface area contributed by atoms with Gasteiger partial charge < -0.3 is 5.32 Å². The quantitative estimate of drug-likeness (QED) is 0.866. The minimum Gasteiger partial charge on any atom is -0.353 e. The third-order valence-corrected chi connectivity index (χ3v) is 5.23. The second kappa shape index (κ2) is 7.26. The van der Waals surface area contributed by atoms with Gasteiger partial charge in [-0.15, -0.1) is 0 Å². The Bertz CT molecular complexity index is 395. The molecule has 4 nitrogen and oxygen atoms in total. The molecule has 1 saturated heterocycles. The summed E-state index contributed by atoms with van der Waals surface area (Å²) < 4.78 is 0. The van der Waals surface area contributed by atoms with Gasteiger partial charge in [-0.1, -0.05) is 26.2 Å². The van der Waals surface area contributed by atoms with E-state index in [-0.39, 0.29) is 5.91 Å². The third kappa shape index (κ3) is 3.97. The molecule has 0 spiro atoms. The van der Waals surface area contributed by atoms with Gasteiger partial charge in [0.15, 0.2) is 0 Å². The second-order valence-electron chi connectivity index (χ2n) is 7.06. The summed E-state index contributed by atoms with van der Waals surface area (Å²) in [6.45, 7) is 7.39. The van der Waals surface area contributed by atoms with Gasteiger partial charge in [0.2, 0.25) is 5.91 Å². The number of hydrogen-bond donors (Lipinski definition) is 1. The molecule has 4 heteroatoms. The van der Waals surface area contributed by atoms with Crippen molar-refractivity contribution in [1.82, 2.24) is 10.2 Å². The molecular formula is C17H29N3O. The Balaban J connectivity index is 1.84. The molecule has 1 aliphatic carbocycles. The number of likely N-dealkylation sites (tertiary alicyclic amines) is 1. The summed E-state index contributed by atoms with van der Waals surface area (Å²) in [5, 5.41) is 12.5. The van der Waals surface area contributed by atoms with Crippen LogP contribution in [0.5, 0.6) is 0 Å². The van der Waals surface area contributed by atoms with Crippen molar-refractivity contribution in [3.05, 3.63) is 0 Å². The van der Waals surface area contributed by atoms with E-state index in [4.69, 9.17) is 0 Å². The highest BCUT2D eigenvalue weighted by Crippen LogP contribution is 2.35. The monoisotopic (exact) mass is 291 g/mol. The van der Waals surface area contributed by atoms with Crippen molar-refractivity contribution in [3.63, 3.8) is 0 Å². The molecule has 0 aromatic rings. The molecule has 0 aromatic carbocycles. The number of hydrogen-bond acceptors (Lipinski definition) is 3. The van der Waals surface area contributed by atoms with E-state index in [1.165, 1.54) is 12.8 Å². The molecule has 2 rings (SSSR count). The molecule has 21 heavy (non-hydrogen) atoms. The van der Waals surface area contributed by atoms with Crippen molar-refractivity contribution in [3.8, 4) is 6.07 Å². The Labute approximate surface area is 128 Å². The predicted molar refractivity (Wildman–Crippen MR) is 83.6 cm³/mol. The zero-order chi connectivity index (χ0) is 15.3. The van der Waals surface area contributed by atoms with Crippen LogP contribution in [-0.2, 0) is 4.79 Å². The molecule has 2 fully saturated rings. The van der Waals surface area contributed by atoms with Crippen molar-refractivity contribution in [2.75, 3.05) is 19.6 Å². The van der Waals surface area contributed by atoms with Crippen LogP contribution in [0.1, 0.15) is 58.8 Å². The Hall–Kier alpha value is -1.08. The number of nitriles is 1. The normalized spacial score (nSPS) is 27.6. The van der Waals surface area contributed by atoms with Gasteiger partial charge in [-0.3, -0.25) is 9.69 Å². The molecule has 2 unspecified atom stereocenters. The molecule has 1 amide bonds. The summed E-state index contributed by atoms with van der Waals surface area (Å²) in [7, 11) is 0. The van der Waals surface area contributed by atoms with Crippen molar-refractivity contribution in [2.45, 2.75) is 64.8 Å². The van der Waals surface area contributed by atoms with E-state index in [0.717, 1.165) is 51.1 Å². The molecule has 118 valence electrons. The van der Waals surface area contributed by atoms with Crippen LogP contribution in [0.3, 0.4) is 0 Å². The highest BCUT2D eigenvalue weighted by molar-refractivity contribution is 5.85. The maximum absolute atomic E-state index is 12.5. The zero-order valence-corrected chi connectivity index (χ0v) is 13.5. The van der Waals surface area contributed by atoms with Crippen molar-refractivity contribution in [1.29, 1.82) is 5.26 Å². The lowest BCUT2D eigenvalue weighted by Gasteiger charge is -2.36. The maximum Gasteiger partial charge on any atom is 0.240 e. The summed E-state index contributed by atoms with van der Waals surface area (Å²) in [4.78, 5) is 14.9. The maximum atomic E-state index is 12.5. The van der Waals surface area contributed by atoms with Crippen molar-refractivity contribution < 1.29 is 4.79 Å². The summed E-state index contributed by atoms with van der Waals surface area (Å²) in [5.74, 6) is 0.710. The fourth-order valence-corrected chi connectivity index (χ4v) is 3.71. The molecule has 0 radical (unpaired) electrons. The molecule has 2 atom stereocenters. The SMILES string of the molecule is CC1CCCN(C(C)CNC(=O)C2(C#N)CCCCC2)C1. The molecular weight excluding hydrogens is 262 g/mol. The minimum absolute atomic E-state index is 0.0402. The first kappa shape index (κ1) is 16.3. The van der Waals surface area contributed by atoms with Crippen LogP contribution in [-0.4, -0.2) is 36.5 Å². The average molecular weight is 291 g/mol. The van der Waals surface area contributed by atoms with Gasteiger partial charge in [0.1, 0.15) is 5.41 Å². The first-order valence-electron chi connectivity index (χ1n) is 8.51. The first-order chi connectivity index (χ1) is 10.1. The van der Waals surface area contributed by atoms with E-state index >= 15 is 0 Å². The van der Waals surface area contributed by atoms with Crippen molar-refractivity contribution >= 4 is 5.91 Å². The van der Waals surface area contributed by atoms with E-state index in [1.54, 1.807) is 0 Å². The van der Waals surface area contributed by atoms with Crippen LogP contribution < -0.4 is 5.32 Å². The summed E-state index contributed by atoms with van der Waals surface area (Å²) in [5.41, 5.74) is -0.757. The van der Waals surface area contributed by atoms with E-state index in [1.807, 2.05) is 0 Å². The van der Waals surface area contributed by atoms with Gasteiger partial charge in [0.05, 0.1) is 6.07 Å². The topological polar surface area (TPSA) is 56.1 Å². The van der Waals surface area contributed by atoms with Gasteiger partial charge >= 0.3 is 0 Å². The van der Waals surface area contributed by atoms with Crippen LogP contribution in [0.25, 0.3) is 0 Å². The molecule has 2 aliphatic rings. The highest BCUT2D eigenvalue weighted by Gasteiger charge is 2.39. The fourth-order valence-electron chi connectivity index (χ4n) is 3.71. The number of piperidine rings is 1. The van der Waals surface area contributed by atoms with Gasteiger partial charge in [-0.05, 0) is 45.1 Å². The Morgan fingerprint density at radius 1 is 1.38 bits per heavy atom. The number of rotatable bonds is 4. The Morgan fingerprint density at radius 2 is 2.10 bits per heavy atom. The van der Waals surface area contributed by atoms with E-state index in [2.05, 4.69) is 30.1 Å². The second-order valence-corrected chi connectivity index (χ2v) is 7.06. The van der Waals surface area contributed by atoms with Gasteiger partial charge in [-0.2, -0.15) is 5.26 Å². The fraction of sp³-hybridized carbons (Fsp3) is 0.882. The standard InChI is InChI=1S/C17H29N3O/c1-14-7-6-10-20(12-14)15(2)11-19-16(21)17(13-18)8-4-3-5-9-17/h14-15H,3-12H2,1-2H3,(H,19,21). The summed E-state index contributed by atoms with van der Waals surface area (Å²) in [6, 6.07) is 2.66. The number of nitrogens with zero attached hydrogens (tertiary/aromatic N) is 2. The molecule has 1 N–H and O–H groups in total. The van der Waals surface area contributed by atoms with Crippen LogP contribution in [0.2, 0.25) is 0 Å². The summed E-state index contributed by atoms with van der Waals surface area (Å²) in [6.07, 6.45) is 7.17. The lowest BCUT2D eigenvalue weighted by molar-refractivity contribution is -0.129. The first-order valence-corrected chi connectivity index (χ1v) is 8.51. The third-order valence-electron chi connectivity index (χ3n) is 5.23. The summed E-state index contributed by atoms with van der Waals surface area (Å²) >= 11 is 0. The van der Waals surface area contributed by atoms with Crippen molar-refractivity contribution in [2.24, 2.45) is 11.3 Å². The number of nitrogens with one attached hydrogen (secondary N) is 1.